The first-order valence-corrected chi connectivity index (χ1v) is 8.12. The fourth-order valence-corrected chi connectivity index (χ4v) is 3.02. The van der Waals surface area contributed by atoms with Crippen molar-refractivity contribution in [1.82, 2.24) is 15.1 Å². The van der Waals surface area contributed by atoms with Crippen LogP contribution in [0.2, 0.25) is 0 Å². The van der Waals surface area contributed by atoms with Gasteiger partial charge >= 0.3 is 0 Å². The normalized spacial score (nSPS) is 23.6. The minimum Gasteiger partial charge on any atom is -0.379 e. The number of allylic oxidation sites excluding steroid dienone is 2. The molecule has 1 unspecified atom stereocenters. The van der Waals surface area contributed by atoms with Gasteiger partial charge in [0.05, 0.1) is 13.2 Å². The Hall–Kier alpha value is -0.650. The van der Waals surface area contributed by atoms with E-state index in [1.807, 2.05) is 7.05 Å². The van der Waals surface area contributed by atoms with E-state index in [9.17, 15) is 0 Å². The van der Waals surface area contributed by atoms with Gasteiger partial charge in [-0.25, -0.2) is 0 Å². The summed E-state index contributed by atoms with van der Waals surface area (Å²) in [5, 5.41) is 4.02. The number of ether oxygens (including phenoxy) is 1. The smallest absolute Gasteiger partial charge is 0.168 e. The molecule has 0 aromatic rings. The first kappa shape index (κ1) is 15.7. The van der Waals surface area contributed by atoms with Gasteiger partial charge in [-0.15, -0.1) is 0 Å². The summed E-state index contributed by atoms with van der Waals surface area (Å²) in [4.78, 5) is 4.81. The number of nitrogens with one attached hydrogen (secondary N) is 1. The quantitative estimate of drug-likeness (QED) is 0.613. The van der Waals surface area contributed by atoms with E-state index in [1.54, 1.807) is 0 Å². The molecule has 0 spiro atoms. The first-order chi connectivity index (χ1) is 9.79. The van der Waals surface area contributed by atoms with Crippen molar-refractivity contribution < 1.29 is 4.74 Å². The Labute approximate surface area is 128 Å². The zero-order valence-corrected chi connectivity index (χ0v) is 13.3. The predicted molar refractivity (Wildman–Crippen MR) is 87.0 cm³/mol. The van der Waals surface area contributed by atoms with Crippen molar-refractivity contribution in [3.05, 3.63) is 12.2 Å². The van der Waals surface area contributed by atoms with Gasteiger partial charge in [0.1, 0.15) is 0 Å². The molecule has 20 heavy (non-hydrogen) atoms. The molecule has 0 amide bonds. The topological polar surface area (TPSA) is 27.7 Å². The number of nitrogens with zero attached hydrogens (tertiary/aromatic N) is 2. The van der Waals surface area contributed by atoms with Crippen LogP contribution in [0.4, 0.5) is 0 Å². The molecular formula is C15H27N3OS. The Balaban J connectivity index is 1.79. The second-order valence-corrected chi connectivity index (χ2v) is 5.99. The number of hydrogen-bond donors (Lipinski definition) is 1. The third-order valence-corrected chi connectivity index (χ3v) is 4.61. The number of rotatable bonds is 5. The maximum absolute atomic E-state index is 5.47. The second kappa shape index (κ2) is 8.60. The van der Waals surface area contributed by atoms with Gasteiger partial charge in [0, 0.05) is 39.8 Å². The molecule has 1 aliphatic heterocycles. The van der Waals surface area contributed by atoms with Crippen molar-refractivity contribution in [2.24, 2.45) is 5.92 Å². The lowest BCUT2D eigenvalue weighted by atomic mass is 9.94. The van der Waals surface area contributed by atoms with E-state index >= 15 is 0 Å². The standard InChI is InChI=1S/C15H27N3OS/c1-16-15(20)18(13-14-5-3-2-4-6-14)8-7-17-9-11-19-12-10-17/h2-3,14H,4-13H2,1H3,(H,16,20). The van der Waals surface area contributed by atoms with E-state index in [1.165, 1.54) is 19.3 Å². The third kappa shape index (κ3) is 5.04. The van der Waals surface area contributed by atoms with Crippen LogP contribution in [0.1, 0.15) is 19.3 Å². The average Bonchev–Trinajstić information content (AvgIpc) is 2.52. The highest BCUT2D eigenvalue weighted by Crippen LogP contribution is 2.19. The van der Waals surface area contributed by atoms with Gasteiger partial charge in [0.2, 0.25) is 0 Å². The lowest BCUT2D eigenvalue weighted by Gasteiger charge is -2.33. The lowest BCUT2D eigenvalue weighted by Crippen LogP contribution is -2.46. The van der Waals surface area contributed by atoms with E-state index in [-0.39, 0.29) is 0 Å². The summed E-state index contributed by atoms with van der Waals surface area (Å²) in [7, 11) is 1.92. The Morgan fingerprint density at radius 2 is 2.20 bits per heavy atom. The Morgan fingerprint density at radius 1 is 1.40 bits per heavy atom. The minimum absolute atomic E-state index is 0.746. The Kier molecular flexibility index (Phi) is 6.76. The molecule has 1 atom stereocenters. The molecule has 1 saturated heterocycles. The van der Waals surface area contributed by atoms with Gasteiger partial charge in [-0.2, -0.15) is 0 Å². The van der Waals surface area contributed by atoms with Gasteiger partial charge < -0.3 is 15.0 Å². The summed E-state index contributed by atoms with van der Waals surface area (Å²) in [6.07, 6.45) is 8.31. The van der Waals surface area contributed by atoms with Crippen LogP contribution in [0.3, 0.4) is 0 Å². The molecule has 114 valence electrons. The Morgan fingerprint density at radius 3 is 2.85 bits per heavy atom. The molecule has 4 nitrogen and oxygen atoms in total. The van der Waals surface area contributed by atoms with E-state index in [0.29, 0.717) is 0 Å². The maximum atomic E-state index is 5.47. The highest BCUT2D eigenvalue weighted by molar-refractivity contribution is 7.80. The van der Waals surface area contributed by atoms with Crippen LogP contribution in [-0.4, -0.2) is 67.9 Å². The average molecular weight is 297 g/mol. The molecule has 0 aromatic heterocycles. The zero-order chi connectivity index (χ0) is 14.2. The van der Waals surface area contributed by atoms with Crippen molar-refractivity contribution >= 4 is 17.3 Å². The molecule has 2 rings (SSSR count). The minimum atomic E-state index is 0.746. The highest BCUT2D eigenvalue weighted by Gasteiger charge is 2.18. The number of morpholine rings is 1. The zero-order valence-electron chi connectivity index (χ0n) is 12.5. The van der Waals surface area contributed by atoms with Crippen LogP contribution in [0.25, 0.3) is 0 Å². The summed E-state index contributed by atoms with van der Waals surface area (Å²) in [5.74, 6) is 0.746. The fraction of sp³-hybridized carbons (Fsp3) is 0.800. The van der Waals surface area contributed by atoms with Crippen LogP contribution >= 0.6 is 12.2 Å². The molecule has 1 fully saturated rings. The van der Waals surface area contributed by atoms with Gasteiger partial charge in [-0.05, 0) is 37.4 Å². The molecule has 0 saturated carbocycles. The van der Waals surface area contributed by atoms with E-state index < -0.39 is 0 Å². The maximum Gasteiger partial charge on any atom is 0.168 e. The lowest BCUT2D eigenvalue weighted by molar-refractivity contribution is 0.0355. The predicted octanol–water partition coefficient (Wildman–Crippen LogP) is 1.48. The molecule has 1 aliphatic carbocycles. The summed E-state index contributed by atoms with van der Waals surface area (Å²) >= 11 is 5.47. The van der Waals surface area contributed by atoms with E-state index in [0.717, 1.165) is 57.0 Å². The van der Waals surface area contributed by atoms with Crippen LogP contribution < -0.4 is 5.32 Å². The molecule has 0 radical (unpaired) electrons. The summed E-state index contributed by atoms with van der Waals surface area (Å²) in [6, 6.07) is 0. The molecule has 0 bridgehead atoms. The second-order valence-electron chi connectivity index (χ2n) is 5.61. The molecule has 2 aliphatic rings. The monoisotopic (exact) mass is 297 g/mol. The van der Waals surface area contributed by atoms with Crippen molar-refractivity contribution in [1.29, 1.82) is 0 Å². The van der Waals surface area contributed by atoms with Crippen LogP contribution in [-0.2, 0) is 4.74 Å². The highest BCUT2D eigenvalue weighted by atomic mass is 32.1. The van der Waals surface area contributed by atoms with Gasteiger partial charge in [0.15, 0.2) is 5.11 Å². The van der Waals surface area contributed by atoms with Crippen molar-refractivity contribution in [2.75, 3.05) is 53.0 Å². The van der Waals surface area contributed by atoms with Gasteiger partial charge in [-0.1, -0.05) is 12.2 Å². The van der Waals surface area contributed by atoms with Crippen LogP contribution in [0, 0.1) is 5.92 Å². The van der Waals surface area contributed by atoms with Gasteiger partial charge in [-0.3, -0.25) is 4.90 Å². The van der Waals surface area contributed by atoms with Crippen LogP contribution in [0.15, 0.2) is 12.2 Å². The fourth-order valence-electron chi connectivity index (χ4n) is 2.85. The largest absolute Gasteiger partial charge is 0.379 e. The van der Waals surface area contributed by atoms with Crippen molar-refractivity contribution in [2.45, 2.75) is 19.3 Å². The SMILES string of the molecule is CNC(=S)N(CCN1CCOCC1)CC1CC=CCC1. The molecule has 1 heterocycles. The Bertz CT molecular complexity index is 329. The van der Waals surface area contributed by atoms with E-state index in [4.69, 9.17) is 17.0 Å². The summed E-state index contributed by atoms with van der Waals surface area (Å²) in [6.45, 7) is 6.99. The van der Waals surface area contributed by atoms with E-state index in [2.05, 4.69) is 27.3 Å². The van der Waals surface area contributed by atoms with Crippen LogP contribution in [0.5, 0.6) is 0 Å². The van der Waals surface area contributed by atoms with Gasteiger partial charge in [0.25, 0.3) is 0 Å². The first-order valence-electron chi connectivity index (χ1n) is 7.71. The van der Waals surface area contributed by atoms with Crippen molar-refractivity contribution in [3.8, 4) is 0 Å². The summed E-state index contributed by atoms with van der Waals surface area (Å²) in [5.41, 5.74) is 0. The van der Waals surface area contributed by atoms with Crippen molar-refractivity contribution in [3.63, 3.8) is 0 Å². The molecular weight excluding hydrogens is 270 g/mol. The molecule has 5 heteroatoms. The number of hydrogen-bond acceptors (Lipinski definition) is 3. The third-order valence-electron chi connectivity index (χ3n) is 4.15. The summed E-state index contributed by atoms with van der Waals surface area (Å²) < 4.78 is 5.40. The molecule has 1 N–H and O–H groups in total. The number of thiocarbonyl (C=S) groups is 1. The molecule has 0 aromatic carbocycles.